The maximum Gasteiger partial charge on any atom is 0.335 e. The molecule has 25 heavy (non-hydrogen) atoms. The van der Waals surface area contributed by atoms with E-state index < -0.39 is 0 Å². The van der Waals surface area contributed by atoms with Crippen molar-refractivity contribution in [3.8, 4) is 0 Å². The number of anilines is 1. The molecule has 1 fully saturated rings. The fraction of sp³-hybridized carbons (Fsp3) is 0.471. The first-order valence-corrected chi connectivity index (χ1v) is 8.46. The quantitative estimate of drug-likeness (QED) is 0.734. The Morgan fingerprint density at radius 1 is 1.32 bits per heavy atom. The molecule has 0 radical (unpaired) electrons. The fourth-order valence-electron chi connectivity index (χ4n) is 2.85. The van der Waals surface area contributed by atoms with E-state index in [0.717, 1.165) is 49.8 Å². The topological polar surface area (TPSA) is 95.1 Å². The summed E-state index contributed by atoms with van der Waals surface area (Å²) >= 11 is 0. The number of hydrogen-bond donors (Lipinski definition) is 3. The van der Waals surface area contributed by atoms with E-state index in [0.29, 0.717) is 6.42 Å². The smallest absolute Gasteiger partial charge is 0.335 e. The number of nitrogens with zero attached hydrogens (tertiary/aromatic N) is 2. The van der Waals surface area contributed by atoms with Crippen molar-refractivity contribution in [2.45, 2.75) is 19.4 Å². The number of carbonyl (C=O) groups is 2. The van der Waals surface area contributed by atoms with Crippen molar-refractivity contribution in [3.63, 3.8) is 0 Å². The summed E-state index contributed by atoms with van der Waals surface area (Å²) < 4.78 is 5.30. The fourth-order valence-corrected chi connectivity index (χ4v) is 2.85. The first kappa shape index (κ1) is 17.4. The summed E-state index contributed by atoms with van der Waals surface area (Å²) in [4.78, 5) is 25.5. The molecule has 2 aliphatic heterocycles. The summed E-state index contributed by atoms with van der Waals surface area (Å²) in [6.07, 6.45) is 0.460. The molecule has 1 aromatic rings. The van der Waals surface area contributed by atoms with Gasteiger partial charge in [-0.25, -0.2) is 10.2 Å². The molecule has 0 bridgehead atoms. The van der Waals surface area contributed by atoms with Gasteiger partial charge in [-0.05, 0) is 19.1 Å². The molecule has 8 nitrogen and oxygen atoms in total. The van der Waals surface area contributed by atoms with E-state index >= 15 is 0 Å². The van der Waals surface area contributed by atoms with Crippen molar-refractivity contribution < 1.29 is 14.3 Å². The van der Waals surface area contributed by atoms with Crippen LogP contribution in [0.3, 0.4) is 0 Å². The van der Waals surface area contributed by atoms with Gasteiger partial charge in [0.15, 0.2) is 0 Å². The number of morpholine rings is 1. The Morgan fingerprint density at radius 2 is 2.04 bits per heavy atom. The minimum absolute atomic E-state index is 0.00320. The second kappa shape index (κ2) is 8.09. The molecule has 0 aromatic heterocycles. The molecular formula is C17H23N5O3. The molecular weight excluding hydrogens is 322 g/mol. The van der Waals surface area contributed by atoms with Gasteiger partial charge in [0.1, 0.15) is 0 Å². The molecule has 0 saturated carbocycles. The Kier molecular flexibility index (Phi) is 5.62. The molecule has 1 atom stereocenters. The molecule has 8 heteroatoms. The van der Waals surface area contributed by atoms with E-state index in [4.69, 9.17) is 4.74 Å². The molecule has 1 aromatic carbocycles. The lowest BCUT2D eigenvalue weighted by Crippen LogP contribution is -2.48. The highest BCUT2D eigenvalue weighted by atomic mass is 16.5. The third-order valence-corrected chi connectivity index (χ3v) is 4.26. The normalized spacial score (nSPS) is 21.1. The summed E-state index contributed by atoms with van der Waals surface area (Å²) in [5.41, 5.74) is 4.81. The zero-order valence-electron chi connectivity index (χ0n) is 14.2. The van der Waals surface area contributed by atoms with Crippen molar-refractivity contribution in [2.75, 3.05) is 38.2 Å². The molecule has 134 valence electrons. The van der Waals surface area contributed by atoms with E-state index in [9.17, 15) is 9.59 Å². The summed E-state index contributed by atoms with van der Waals surface area (Å²) in [6.45, 7) is 5.85. The van der Waals surface area contributed by atoms with Crippen LogP contribution in [-0.4, -0.2) is 61.4 Å². The number of carbonyl (C=O) groups excluding carboxylic acids is 2. The maximum absolute atomic E-state index is 12.1. The zero-order chi connectivity index (χ0) is 17.6. The second-order valence-electron chi connectivity index (χ2n) is 6.13. The molecule has 1 unspecified atom stereocenters. The van der Waals surface area contributed by atoms with E-state index in [1.165, 1.54) is 0 Å². The zero-order valence-corrected chi connectivity index (χ0v) is 14.2. The number of ether oxygens (including phenoxy) is 1. The Balaban J connectivity index is 1.52. The second-order valence-corrected chi connectivity index (χ2v) is 6.13. The summed E-state index contributed by atoms with van der Waals surface area (Å²) in [6, 6.07) is 6.97. The molecule has 1 saturated heterocycles. The van der Waals surface area contributed by atoms with Gasteiger partial charge in [0.2, 0.25) is 5.91 Å². The van der Waals surface area contributed by atoms with Crippen LogP contribution in [0, 0.1) is 0 Å². The van der Waals surface area contributed by atoms with Crippen LogP contribution < -0.4 is 16.1 Å². The van der Waals surface area contributed by atoms with Crippen LogP contribution in [0.5, 0.6) is 0 Å². The molecule has 0 aliphatic carbocycles. The van der Waals surface area contributed by atoms with Gasteiger partial charge in [0.25, 0.3) is 0 Å². The molecule has 3 N–H and O–H groups in total. The third-order valence-electron chi connectivity index (χ3n) is 4.26. The van der Waals surface area contributed by atoms with Gasteiger partial charge in [-0.2, -0.15) is 5.10 Å². The average molecular weight is 345 g/mol. The van der Waals surface area contributed by atoms with Gasteiger partial charge < -0.3 is 15.4 Å². The van der Waals surface area contributed by atoms with E-state index in [-0.39, 0.29) is 18.0 Å². The van der Waals surface area contributed by atoms with Gasteiger partial charge in [-0.15, -0.1) is 0 Å². The van der Waals surface area contributed by atoms with Gasteiger partial charge in [-0.3, -0.25) is 9.69 Å². The number of benzene rings is 1. The van der Waals surface area contributed by atoms with E-state index in [1.807, 2.05) is 31.2 Å². The number of rotatable bonds is 5. The standard InChI is InChI=1S/C17H23N5O3/c1-12-16(20-21-17(24)18-12)13-2-4-14(5-3-13)19-15(23)6-7-22-8-10-25-11-9-22/h2-5,12H,6-11H2,1H3,(H,19,23)(H2,18,21,24). The van der Waals surface area contributed by atoms with Crippen LogP contribution >= 0.6 is 0 Å². The number of urea groups is 1. The van der Waals surface area contributed by atoms with Crippen LogP contribution in [0.1, 0.15) is 18.9 Å². The van der Waals surface area contributed by atoms with Crippen molar-refractivity contribution in [3.05, 3.63) is 29.8 Å². The molecule has 3 rings (SSSR count). The Labute approximate surface area is 146 Å². The van der Waals surface area contributed by atoms with Crippen LogP contribution in [0.25, 0.3) is 0 Å². The summed E-state index contributed by atoms with van der Waals surface area (Å²) in [5.74, 6) is -0.00320. The highest BCUT2D eigenvalue weighted by Gasteiger charge is 2.20. The minimum Gasteiger partial charge on any atom is -0.379 e. The van der Waals surface area contributed by atoms with Crippen molar-refractivity contribution >= 4 is 23.3 Å². The lowest BCUT2D eigenvalue weighted by Gasteiger charge is -2.26. The minimum atomic E-state index is -0.305. The monoisotopic (exact) mass is 345 g/mol. The third kappa shape index (κ3) is 4.77. The number of hydrazone groups is 1. The predicted molar refractivity (Wildman–Crippen MR) is 94.6 cm³/mol. The van der Waals surface area contributed by atoms with Crippen molar-refractivity contribution in [1.29, 1.82) is 0 Å². The predicted octanol–water partition coefficient (Wildman–Crippen LogP) is 0.753. The van der Waals surface area contributed by atoms with E-state index in [2.05, 4.69) is 26.1 Å². The van der Waals surface area contributed by atoms with Gasteiger partial charge in [0, 0.05) is 37.3 Å². The first-order valence-electron chi connectivity index (χ1n) is 8.46. The molecule has 2 aliphatic rings. The average Bonchev–Trinajstić information content (AvgIpc) is 2.62. The highest BCUT2D eigenvalue weighted by molar-refractivity contribution is 6.07. The molecule has 3 amide bonds. The number of hydrogen-bond acceptors (Lipinski definition) is 5. The number of nitrogens with one attached hydrogen (secondary N) is 3. The molecule has 0 spiro atoms. The maximum atomic E-state index is 12.1. The summed E-state index contributed by atoms with van der Waals surface area (Å²) in [5, 5.41) is 9.75. The Bertz CT molecular complexity index is 653. The highest BCUT2D eigenvalue weighted by Crippen LogP contribution is 2.13. The van der Waals surface area contributed by atoms with Crippen LogP contribution in [0.15, 0.2) is 29.4 Å². The largest absolute Gasteiger partial charge is 0.379 e. The lowest BCUT2D eigenvalue weighted by atomic mass is 10.0. The lowest BCUT2D eigenvalue weighted by molar-refractivity contribution is -0.116. The van der Waals surface area contributed by atoms with Gasteiger partial charge >= 0.3 is 6.03 Å². The Hall–Kier alpha value is -2.45. The molecule has 2 heterocycles. The van der Waals surface area contributed by atoms with Gasteiger partial charge in [0.05, 0.1) is 25.0 Å². The summed E-state index contributed by atoms with van der Waals surface area (Å²) in [7, 11) is 0. The van der Waals surface area contributed by atoms with Crippen molar-refractivity contribution in [1.82, 2.24) is 15.6 Å². The van der Waals surface area contributed by atoms with Crippen LogP contribution in [0.4, 0.5) is 10.5 Å². The Morgan fingerprint density at radius 3 is 2.72 bits per heavy atom. The van der Waals surface area contributed by atoms with Crippen LogP contribution in [-0.2, 0) is 9.53 Å². The van der Waals surface area contributed by atoms with Crippen molar-refractivity contribution in [2.24, 2.45) is 5.10 Å². The van der Waals surface area contributed by atoms with E-state index in [1.54, 1.807) is 0 Å². The SMILES string of the molecule is CC1NC(=O)NN=C1c1ccc(NC(=O)CCN2CCOCC2)cc1. The van der Waals surface area contributed by atoms with Gasteiger partial charge in [-0.1, -0.05) is 12.1 Å². The first-order chi connectivity index (χ1) is 12.1. The number of amides is 3. The van der Waals surface area contributed by atoms with Crippen LogP contribution in [0.2, 0.25) is 0 Å².